The third kappa shape index (κ3) is 40.3. The predicted octanol–water partition coefficient (Wildman–Crippen LogP) is 12.3. The zero-order valence-electron chi connectivity index (χ0n) is 32.7. The van der Waals surface area contributed by atoms with E-state index in [1.807, 2.05) is 0 Å². The molecule has 0 saturated carbocycles. The highest BCUT2D eigenvalue weighted by Crippen LogP contribution is 2.36. The Labute approximate surface area is 317 Å². The molecule has 0 rings (SSSR count). The van der Waals surface area contributed by atoms with Gasteiger partial charge in [-0.25, -0.2) is 4.57 Å². The normalized spacial score (nSPS) is 13.2. The van der Waals surface area contributed by atoms with E-state index in [9.17, 15) is 14.2 Å². The third-order valence-electron chi connectivity index (χ3n) is 8.21. The second-order valence-electron chi connectivity index (χ2n) is 13.2. The summed E-state index contributed by atoms with van der Waals surface area (Å²) in [6.45, 7) is 3.52. The van der Waals surface area contributed by atoms with Crippen molar-refractivity contribution in [3.8, 4) is 0 Å². The van der Waals surface area contributed by atoms with Crippen LogP contribution in [0.4, 0.5) is 0 Å². The lowest BCUT2D eigenvalue weighted by Crippen LogP contribution is -2.29. The van der Waals surface area contributed by atoms with Crippen molar-refractivity contribution in [1.82, 2.24) is 0 Å². The molecule has 0 aliphatic rings. The average Bonchev–Trinajstić information content (AvgIpc) is 3.11. The van der Waals surface area contributed by atoms with Crippen molar-refractivity contribution in [2.75, 3.05) is 13.2 Å². The highest BCUT2D eigenvalue weighted by atomic mass is 31.2. The Morgan fingerprint density at radius 2 is 0.923 bits per heavy atom. The number of hydrogen-bond acceptors (Lipinski definition) is 6. The molecule has 8 nitrogen and oxygen atoms in total. The summed E-state index contributed by atoms with van der Waals surface area (Å²) < 4.78 is 26.3. The van der Waals surface area contributed by atoms with Crippen molar-refractivity contribution < 1.29 is 37.9 Å². The number of hydrogen-bond donors (Lipinski definition) is 2. The molecule has 0 spiro atoms. The smallest absolute Gasteiger partial charge is 0.462 e. The summed E-state index contributed by atoms with van der Waals surface area (Å²) in [5.74, 6) is -0.933. The molecule has 0 heterocycles. The Kier molecular flexibility index (Phi) is 36.4. The van der Waals surface area contributed by atoms with E-state index in [1.54, 1.807) is 0 Å². The molecule has 2 N–H and O–H groups in total. The van der Waals surface area contributed by atoms with Crippen molar-refractivity contribution in [3.05, 3.63) is 72.9 Å². The van der Waals surface area contributed by atoms with E-state index in [-0.39, 0.29) is 19.4 Å². The van der Waals surface area contributed by atoms with Gasteiger partial charge in [-0.2, -0.15) is 0 Å². The quantitative estimate of drug-likeness (QED) is 0.0281. The van der Waals surface area contributed by atoms with Gasteiger partial charge >= 0.3 is 19.8 Å². The number of phosphoric ester groups is 1. The highest BCUT2D eigenvalue weighted by Gasteiger charge is 2.22. The topological polar surface area (TPSA) is 119 Å². The number of allylic oxidation sites excluding steroid dienone is 12. The summed E-state index contributed by atoms with van der Waals surface area (Å²) in [7, 11) is -4.77. The van der Waals surface area contributed by atoms with Gasteiger partial charge in [0.05, 0.1) is 6.61 Å². The molecule has 0 aliphatic carbocycles. The summed E-state index contributed by atoms with van der Waals surface area (Å²) in [6.07, 6.45) is 49.0. The van der Waals surface area contributed by atoms with E-state index in [1.165, 1.54) is 51.4 Å². The molecule has 298 valence electrons. The lowest BCUT2D eigenvalue weighted by Gasteiger charge is -2.18. The molecule has 9 heteroatoms. The first kappa shape index (κ1) is 49.5. The van der Waals surface area contributed by atoms with Crippen molar-refractivity contribution in [2.24, 2.45) is 0 Å². The number of phosphoric acid groups is 1. The van der Waals surface area contributed by atoms with E-state index >= 15 is 0 Å². The Bertz CT molecular complexity index is 1070. The van der Waals surface area contributed by atoms with Gasteiger partial charge in [0.1, 0.15) is 6.61 Å². The molecule has 0 unspecified atom stereocenters. The molecule has 0 saturated heterocycles. The molecule has 0 aromatic heterocycles. The second-order valence-corrected chi connectivity index (χ2v) is 14.5. The van der Waals surface area contributed by atoms with Crippen LogP contribution in [-0.4, -0.2) is 41.0 Å². The molecule has 52 heavy (non-hydrogen) atoms. The summed E-state index contributed by atoms with van der Waals surface area (Å²) >= 11 is 0. The van der Waals surface area contributed by atoms with Crippen LogP contribution in [0, 0.1) is 0 Å². The van der Waals surface area contributed by atoms with Gasteiger partial charge < -0.3 is 19.3 Å². The van der Waals surface area contributed by atoms with Crippen LogP contribution < -0.4 is 0 Å². The molecule has 0 bridgehead atoms. The molecule has 0 aliphatic heterocycles. The number of unbranched alkanes of at least 4 members (excludes halogenated alkanes) is 14. The molecule has 0 aromatic carbocycles. The predicted molar refractivity (Wildman–Crippen MR) is 216 cm³/mol. The highest BCUT2D eigenvalue weighted by molar-refractivity contribution is 7.46. The Morgan fingerprint density at radius 3 is 1.42 bits per heavy atom. The van der Waals surface area contributed by atoms with E-state index in [4.69, 9.17) is 19.3 Å². The minimum absolute atomic E-state index is 0.169. The number of rotatable bonds is 36. The number of carbonyl (C=O) groups is 2. The summed E-state index contributed by atoms with van der Waals surface area (Å²) in [4.78, 5) is 42.8. The van der Waals surface area contributed by atoms with Crippen molar-refractivity contribution in [3.63, 3.8) is 0 Å². The third-order valence-corrected chi connectivity index (χ3v) is 8.69. The van der Waals surface area contributed by atoms with Gasteiger partial charge in [-0.3, -0.25) is 14.1 Å². The molecule has 0 radical (unpaired) electrons. The largest absolute Gasteiger partial charge is 0.469 e. The summed E-state index contributed by atoms with van der Waals surface area (Å²) in [5.41, 5.74) is 0. The number of esters is 2. The Hall–Kier alpha value is -2.51. The SMILES string of the molecule is CC/C=C\C/C=C\C/C=C\C/C=C\C/C=C\CCCCCC(=O)O[C@H](COC(=O)CCCCCCCCC/C=C\CCCCCC)COP(=O)(O)O. The zero-order valence-corrected chi connectivity index (χ0v) is 33.6. The van der Waals surface area contributed by atoms with Crippen molar-refractivity contribution in [1.29, 1.82) is 0 Å². The lowest BCUT2D eigenvalue weighted by molar-refractivity contribution is -0.161. The fraction of sp³-hybridized carbons (Fsp3) is 0.674. The molecular weight excluding hydrogens is 675 g/mol. The minimum atomic E-state index is -4.77. The first-order chi connectivity index (χ1) is 25.3. The van der Waals surface area contributed by atoms with Gasteiger partial charge in [-0.15, -0.1) is 0 Å². The zero-order chi connectivity index (χ0) is 38.2. The fourth-order valence-electron chi connectivity index (χ4n) is 5.22. The maximum absolute atomic E-state index is 12.4. The van der Waals surface area contributed by atoms with Crippen molar-refractivity contribution in [2.45, 2.75) is 174 Å². The van der Waals surface area contributed by atoms with Crippen LogP contribution in [0.2, 0.25) is 0 Å². The Morgan fingerprint density at radius 1 is 0.519 bits per heavy atom. The van der Waals surface area contributed by atoms with E-state index in [2.05, 4.69) is 91.3 Å². The molecule has 0 aromatic rings. The van der Waals surface area contributed by atoms with E-state index in [0.29, 0.717) is 12.8 Å². The second kappa shape index (κ2) is 38.2. The van der Waals surface area contributed by atoms with Crippen LogP contribution in [0.15, 0.2) is 72.9 Å². The van der Waals surface area contributed by atoms with Gasteiger partial charge in [0.25, 0.3) is 0 Å². The van der Waals surface area contributed by atoms with Gasteiger partial charge in [-0.05, 0) is 83.5 Å². The Balaban J connectivity index is 4.03. The standard InChI is InChI=1S/C43H73O8P/c1-3-5-7-9-11-13-15-17-19-20-21-22-24-26-28-30-32-34-36-38-43(45)51-41(40-50-52(46,47)48)39-49-42(44)37-35-33-31-29-27-25-23-18-16-14-12-10-8-6-4-2/h5,7,11,13-14,16-17,19,21-22,26,28,41H,3-4,6,8-10,12,15,18,20,23-25,27,29-40H2,1-2H3,(H2,46,47,48)/b7-5-,13-11-,16-14-,19-17-,22-21-,28-26-/t41-/m1/s1. The number of ether oxygens (including phenoxy) is 2. The fourth-order valence-corrected chi connectivity index (χ4v) is 5.58. The first-order valence-corrected chi connectivity index (χ1v) is 21.8. The lowest BCUT2D eigenvalue weighted by atomic mass is 10.1. The van der Waals surface area contributed by atoms with E-state index in [0.717, 1.165) is 77.0 Å². The van der Waals surface area contributed by atoms with Crippen LogP contribution in [0.1, 0.15) is 168 Å². The number of carbonyl (C=O) groups excluding carboxylic acids is 2. The van der Waals surface area contributed by atoms with Crippen LogP contribution in [0.3, 0.4) is 0 Å². The van der Waals surface area contributed by atoms with Gasteiger partial charge in [0.2, 0.25) is 0 Å². The van der Waals surface area contributed by atoms with Crippen LogP contribution in [0.25, 0.3) is 0 Å². The van der Waals surface area contributed by atoms with Crippen LogP contribution in [0.5, 0.6) is 0 Å². The van der Waals surface area contributed by atoms with Gasteiger partial charge in [0, 0.05) is 12.8 Å². The van der Waals surface area contributed by atoms with Crippen molar-refractivity contribution >= 4 is 19.8 Å². The molecule has 0 amide bonds. The molecule has 1 atom stereocenters. The van der Waals surface area contributed by atoms with Crippen LogP contribution >= 0.6 is 7.82 Å². The maximum atomic E-state index is 12.4. The van der Waals surface area contributed by atoms with Gasteiger partial charge in [0.15, 0.2) is 6.10 Å². The monoisotopic (exact) mass is 749 g/mol. The molecule has 0 fully saturated rings. The average molecular weight is 749 g/mol. The van der Waals surface area contributed by atoms with Gasteiger partial charge in [-0.1, -0.05) is 145 Å². The van der Waals surface area contributed by atoms with Crippen LogP contribution in [-0.2, 0) is 28.2 Å². The summed E-state index contributed by atoms with van der Waals surface area (Å²) in [5, 5.41) is 0. The first-order valence-electron chi connectivity index (χ1n) is 20.2. The van der Waals surface area contributed by atoms with E-state index < -0.39 is 32.5 Å². The molecular formula is C43H73O8P. The summed E-state index contributed by atoms with van der Waals surface area (Å²) in [6, 6.07) is 0. The maximum Gasteiger partial charge on any atom is 0.469 e. The minimum Gasteiger partial charge on any atom is -0.462 e.